The van der Waals surface area contributed by atoms with Crippen LogP contribution in [0, 0.1) is 5.92 Å². The number of carboxylic acid groups (broad SMARTS) is 1. The highest BCUT2D eigenvalue weighted by atomic mass is 32.2. The van der Waals surface area contributed by atoms with Gasteiger partial charge in [0.15, 0.2) is 0 Å². The van der Waals surface area contributed by atoms with Crippen molar-refractivity contribution in [3.8, 4) is 11.1 Å². The normalized spacial score (nSPS) is 23.5. The molecule has 2 aliphatic rings. The van der Waals surface area contributed by atoms with E-state index in [1.807, 2.05) is 12.1 Å². The van der Waals surface area contributed by atoms with E-state index >= 15 is 0 Å². The van der Waals surface area contributed by atoms with Gasteiger partial charge >= 0.3 is 5.97 Å². The van der Waals surface area contributed by atoms with Crippen molar-refractivity contribution in [2.24, 2.45) is 5.92 Å². The van der Waals surface area contributed by atoms with E-state index in [-0.39, 0.29) is 6.42 Å². The molecule has 0 bridgehead atoms. The summed E-state index contributed by atoms with van der Waals surface area (Å²) >= 11 is 2.06. The Morgan fingerprint density at radius 2 is 1.68 bits per heavy atom. The average molecular weight is 480 g/mol. The molecular weight excluding hydrogens is 442 g/mol. The quantitative estimate of drug-likeness (QED) is 0.385. The maximum absolute atomic E-state index is 10.7. The van der Waals surface area contributed by atoms with E-state index in [9.17, 15) is 4.79 Å². The smallest absolute Gasteiger partial charge is 0.303 e. The first-order chi connectivity index (χ1) is 16.7. The molecule has 5 heteroatoms. The Labute approximate surface area is 208 Å². The van der Waals surface area contributed by atoms with Crippen LogP contribution < -0.4 is 0 Å². The van der Waals surface area contributed by atoms with Gasteiger partial charge in [0.25, 0.3) is 0 Å². The lowest BCUT2D eigenvalue weighted by Crippen LogP contribution is -2.44. The van der Waals surface area contributed by atoms with Gasteiger partial charge in [-0.05, 0) is 48.8 Å². The average Bonchev–Trinajstić information content (AvgIpc) is 3.28. The monoisotopic (exact) mass is 479 g/mol. The van der Waals surface area contributed by atoms with E-state index in [0.717, 1.165) is 19.3 Å². The Balaban J connectivity index is 1.34. The first-order valence-corrected chi connectivity index (χ1v) is 13.8. The molecule has 3 atom stereocenters. The predicted octanol–water partition coefficient (Wildman–Crippen LogP) is 6.27. The lowest BCUT2D eigenvalue weighted by atomic mass is 9.94. The van der Waals surface area contributed by atoms with Crippen molar-refractivity contribution in [3.63, 3.8) is 0 Å². The van der Waals surface area contributed by atoms with Gasteiger partial charge in [-0.2, -0.15) is 11.8 Å². The third-order valence-electron chi connectivity index (χ3n) is 7.12. The van der Waals surface area contributed by atoms with Gasteiger partial charge in [0.2, 0.25) is 0 Å². The fourth-order valence-electron chi connectivity index (χ4n) is 5.32. The van der Waals surface area contributed by atoms with E-state index in [1.165, 1.54) is 47.7 Å². The molecule has 1 saturated carbocycles. The first-order valence-electron chi connectivity index (χ1n) is 12.7. The molecule has 182 valence electrons. The van der Waals surface area contributed by atoms with E-state index in [2.05, 4.69) is 71.3 Å². The van der Waals surface area contributed by atoms with E-state index < -0.39 is 5.97 Å². The van der Waals surface area contributed by atoms with Crippen molar-refractivity contribution in [1.82, 2.24) is 4.90 Å². The fourth-order valence-corrected chi connectivity index (χ4v) is 6.25. The van der Waals surface area contributed by atoms with Gasteiger partial charge in [0.1, 0.15) is 0 Å². The van der Waals surface area contributed by atoms with Gasteiger partial charge in [-0.25, -0.2) is 0 Å². The molecule has 4 rings (SSSR count). The summed E-state index contributed by atoms with van der Waals surface area (Å²) < 4.78 is 6.54. The molecule has 3 unspecified atom stereocenters. The van der Waals surface area contributed by atoms with Gasteiger partial charge in [0, 0.05) is 43.0 Å². The molecule has 0 aromatic heterocycles. The van der Waals surface area contributed by atoms with E-state index in [4.69, 9.17) is 9.84 Å². The summed E-state index contributed by atoms with van der Waals surface area (Å²) in [4.78, 5) is 13.4. The van der Waals surface area contributed by atoms with Crippen LogP contribution in [0.4, 0.5) is 0 Å². The number of carboxylic acids is 1. The molecule has 0 radical (unpaired) electrons. The number of thioether (sulfide) groups is 1. The number of ether oxygens (including phenoxy) is 1. The minimum Gasteiger partial charge on any atom is -0.481 e. The first kappa shape index (κ1) is 25.0. The van der Waals surface area contributed by atoms with Crippen molar-refractivity contribution in [3.05, 3.63) is 72.3 Å². The molecule has 1 aliphatic carbocycles. The number of hydrogen-bond acceptors (Lipinski definition) is 4. The Morgan fingerprint density at radius 3 is 2.41 bits per heavy atom. The van der Waals surface area contributed by atoms with Crippen LogP contribution in [0.2, 0.25) is 0 Å². The molecular formula is C29H37NO3S. The van der Waals surface area contributed by atoms with Crippen molar-refractivity contribution >= 4 is 17.7 Å². The lowest BCUT2D eigenvalue weighted by molar-refractivity contribution is -0.136. The topological polar surface area (TPSA) is 49.8 Å². The van der Waals surface area contributed by atoms with Crippen LogP contribution in [-0.2, 0) is 16.1 Å². The number of benzene rings is 2. The predicted molar refractivity (Wildman–Crippen MR) is 141 cm³/mol. The van der Waals surface area contributed by atoms with Crippen LogP contribution in [-0.4, -0.2) is 52.7 Å². The maximum Gasteiger partial charge on any atom is 0.303 e. The summed E-state index contributed by atoms with van der Waals surface area (Å²) in [6.45, 7) is 3.04. The van der Waals surface area contributed by atoms with Gasteiger partial charge in [-0.15, -0.1) is 0 Å². The van der Waals surface area contributed by atoms with Crippen molar-refractivity contribution in [1.29, 1.82) is 0 Å². The van der Waals surface area contributed by atoms with Crippen molar-refractivity contribution < 1.29 is 14.6 Å². The Bertz CT molecular complexity index is 909. The summed E-state index contributed by atoms with van der Waals surface area (Å²) in [5.41, 5.74) is 3.70. The molecule has 1 aliphatic heterocycles. The van der Waals surface area contributed by atoms with Crippen LogP contribution in [0.15, 0.2) is 66.7 Å². The van der Waals surface area contributed by atoms with Crippen LogP contribution in [0.25, 0.3) is 11.1 Å². The minimum atomic E-state index is -0.728. The van der Waals surface area contributed by atoms with Gasteiger partial charge in [0.05, 0.1) is 12.7 Å². The molecule has 4 nitrogen and oxygen atoms in total. The molecule has 2 fully saturated rings. The molecule has 1 heterocycles. The number of allylic oxidation sites excluding steroid dienone is 2. The zero-order valence-electron chi connectivity index (χ0n) is 20.0. The van der Waals surface area contributed by atoms with E-state index in [1.54, 1.807) is 0 Å². The number of carbonyl (C=O) groups is 1. The lowest BCUT2D eigenvalue weighted by Gasteiger charge is -2.36. The molecule has 0 amide bonds. The molecule has 2 aromatic carbocycles. The van der Waals surface area contributed by atoms with Gasteiger partial charge < -0.3 is 9.84 Å². The van der Waals surface area contributed by atoms with Crippen LogP contribution in [0.1, 0.15) is 44.1 Å². The zero-order chi connectivity index (χ0) is 23.6. The van der Waals surface area contributed by atoms with Gasteiger partial charge in [-0.3, -0.25) is 9.69 Å². The molecule has 0 spiro atoms. The van der Waals surface area contributed by atoms with Crippen molar-refractivity contribution in [2.75, 3.05) is 24.6 Å². The molecule has 34 heavy (non-hydrogen) atoms. The van der Waals surface area contributed by atoms with Gasteiger partial charge in [-0.1, -0.05) is 66.7 Å². The SMILES string of the molecule is O=C(O)CCC=CCCC1C(OCc2ccc(-c3ccccc3)cc2)CCC1N1CCSCC1. The summed E-state index contributed by atoms with van der Waals surface area (Å²) in [5.74, 6) is 2.28. The third kappa shape index (κ3) is 7.21. The Morgan fingerprint density at radius 1 is 0.971 bits per heavy atom. The summed E-state index contributed by atoms with van der Waals surface area (Å²) in [5, 5.41) is 8.82. The summed E-state index contributed by atoms with van der Waals surface area (Å²) in [6, 6.07) is 19.9. The molecule has 2 aromatic rings. The number of rotatable bonds is 11. The summed E-state index contributed by atoms with van der Waals surface area (Å²) in [7, 11) is 0. The Kier molecular flexibility index (Phi) is 9.66. The van der Waals surface area contributed by atoms with Crippen LogP contribution >= 0.6 is 11.8 Å². The van der Waals surface area contributed by atoms with E-state index in [0.29, 0.717) is 31.1 Å². The second-order valence-corrected chi connectivity index (χ2v) is 10.6. The summed E-state index contributed by atoms with van der Waals surface area (Å²) in [6.07, 6.45) is 9.77. The maximum atomic E-state index is 10.7. The number of hydrogen-bond donors (Lipinski definition) is 1. The van der Waals surface area contributed by atoms with Crippen LogP contribution in [0.3, 0.4) is 0 Å². The van der Waals surface area contributed by atoms with Crippen molar-refractivity contribution in [2.45, 2.75) is 57.3 Å². The third-order valence-corrected chi connectivity index (χ3v) is 8.06. The number of aliphatic carboxylic acids is 1. The second kappa shape index (κ2) is 13.1. The largest absolute Gasteiger partial charge is 0.481 e. The fraction of sp³-hybridized carbons (Fsp3) is 0.483. The minimum absolute atomic E-state index is 0.211. The highest BCUT2D eigenvalue weighted by Gasteiger charge is 2.39. The highest BCUT2D eigenvalue weighted by Crippen LogP contribution is 2.37. The number of nitrogens with zero attached hydrogens (tertiary/aromatic N) is 1. The second-order valence-electron chi connectivity index (χ2n) is 9.35. The standard InChI is InChI=1S/C29H37NO3S/c31-29(32)11-7-2-1-6-10-26-27(30-18-20-34-21-19-30)16-17-28(26)33-22-23-12-14-25(15-13-23)24-8-4-3-5-9-24/h1-5,8-9,12-15,26-28H,6-7,10-11,16-22H2,(H,31,32). The molecule has 1 N–H and O–H groups in total. The highest BCUT2D eigenvalue weighted by molar-refractivity contribution is 7.99. The molecule has 1 saturated heterocycles. The Hall–Kier alpha value is -2.08. The van der Waals surface area contributed by atoms with Crippen LogP contribution in [0.5, 0.6) is 0 Å². The zero-order valence-corrected chi connectivity index (χ0v) is 20.8.